The van der Waals surface area contributed by atoms with Crippen molar-refractivity contribution >= 4 is 5.97 Å². The Morgan fingerprint density at radius 1 is 0.900 bits per heavy atom. The molecule has 0 unspecified atom stereocenters. The van der Waals surface area contributed by atoms with Gasteiger partial charge in [-0.25, -0.2) is 13.6 Å². The smallest absolute Gasteiger partial charge is 0.335 e. The van der Waals surface area contributed by atoms with Crippen LogP contribution in [0, 0.1) is 0 Å². The number of halogens is 2. The molecule has 6 heteroatoms. The number of alkyl halides is 2. The standard InChI is InChI=1S/C24H18F2O4/c1-2-23(28)30-14-13-29-20-10-5-16(6-11-20)18-7-12-21(22(15-18)24(25)26)17-3-8-19(27)9-4-17/h2-15,24,27H,1H2/b14-13-. The van der Waals surface area contributed by atoms with Crippen molar-refractivity contribution in [2.45, 2.75) is 6.43 Å². The molecular weight excluding hydrogens is 390 g/mol. The molecule has 0 aliphatic rings. The normalized spacial score (nSPS) is 10.9. The highest BCUT2D eigenvalue weighted by Gasteiger charge is 2.16. The van der Waals surface area contributed by atoms with E-state index in [4.69, 9.17) is 4.74 Å². The molecule has 0 aliphatic carbocycles. The van der Waals surface area contributed by atoms with Crippen LogP contribution in [0.5, 0.6) is 11.5 Å². The van der Waals surface area contributed by atoms with Gasteiger partial charge in [0, 0.05) is 11.6 Å². The molecule has 0 saturated carbocycles. The number of hydrogen-bond acceptors (Lipinski definition) is 4. The monoisotopic (exact) mass is 408 g/mol. The first kappa shape index (κ1) is 20.8. The van der Waals surface area contributed by atoms with Crippen LogP contribution in [0.2, 0.25) is 0 Å². The van der Waals surface area contributed by atoms with Crippen molar-refractivity contribution in [1.29, 1.82) is 0 Å². The molecule has 3 aromatic carbocycles. The van der Waals surface area contributed by atoms with Crippen LogP contribution in [-0.4, -0.2) is 11.1 Å². The van der Waals surface area contributed by atoms with E-state index in [9.17, 15) is 18.7 Å². The molecule has 1 N–H and O–H groups in total. The molecule has 0 heterocycles. The van der Waals surface area contributed by atoms with Gasteiger partial charge in [-0.05, 0) is 52.6 Å². The van der Waals surface area contributed by atoms with E-state index in [0.717, 1.165) is 17.9 Å². The Morgan fingerprint density at radius 3 is 2.17 bits per heavy atom. The zero-order chi connectivity index (χ0) is 21.5. The summed E-state index contributed by atoms with van der Waals surface area (Å²) in [5, 5.41) is 9.41. The van der Waals surface area contributed by atoms with Gasteiger partial charge >= 0.3 is 5.97 Å². The van der Waals surface area contributed by atoms with Gasteiger partial charge in [-0.15, -0.1) is 0 Å². The predicted molar refractivity (Wildman–Crippen MR) is 110 cm³/mol. The van der Waals surface area contributed by atoms with E-state index < -0.39 is 12.4 Å². The summed E-state index contributed by atoms with van der Waals surface area (Å²) in [6.45, 7) is 3.27. The van der Waals surface area contributed by atoms with E-state index in [-0.39, 0.29) is 11.3 Å². The van der Waals surface area contributed by atoms with Gasteiger partial charge in [-0.1, -0.05) is 43.0 Å². The number of carbonyl (C=O) groups excluding carboxylic acids is 1. The second kappa shape index (κ2) is 9.52. The minimum Gasteiger partial charge on any atom is -0.508 e. The third kappa shape index (κ3) is 5.11. The van der Waals surface area contributed by atoms with E-state index in [1.165, 1.54) is 24.5 Å². The summed E-state index contributed by atoms with van der Waals surface area (Å²) >= 11 is 0. The molecule has 0 fully saturated rings. The summed E-state index contributed by atoms with van der Waals surface area (Å²) in [7, 11) is 0. The highest BCUT2D eigenvalue weighted by atomic mass is 19.3. The van der Waals surface area contributed by atoms with Gasteiger partial charge in [0.1, 0.15) is 24.0 Å². The van der Waals surface area contributed by atoms with Crippen molar-refractivity contribution in [2.75, 3.05) is 0 Å². The zero-order valence-electron chi connectivity index (χ0n) is 15.8. The fraction of sp³-hybridized carbons (Fsp3) is 0.0417. The number of esters is 1. The van der Waals surface area contributed by atoms with Crippen molar-refractivity contribution in [3.63, 3.8) is 0 Å². The highest BCUT2D eigenvalue weighted by molar-refractivity contribution is 5.81. The molecule has 30 heavy (non-hydrogen) atoms. The number of aromatic hydroxyl groups is 1. The summed E-state index contributed by atoms with van der Waals surface area (Å²) in [4.78, 5) is 10.9. The maximum Gasteiger partial charge on any atom is 0.335 e. The van der Waals surface area contributed by atoms with E-state index in [2.05, 4.69) is 11.3 Å². The summed E-state index contributed by atoms with van der Waals surface area (Å²) in [5.41, 5.74) is 2.29. The SMILES string of the molecule is C=CC(=O)O/C=C\Oc1ccc(-c2ccc(-c3ccc(O)cc3)c(C(F)F)c2)cc1. The quantitative estimate of drug-likeness (QED) is 0.285. The molecule has 0 aliphatic heterocycles. The first-order valence-corrected chi connectivity index (χ1v) is 8.94. The van der Waals surface area contributed by atoms with Crippen LogP contribution in [0.1, 0.15) is 12.0 Å². The summed E-state index contributed by atoms with van der Waals surface area (Å²) in [6.07, 6.45) is 0.673. The Morgan fingerprint density at radius 2 is 1.53 bits per heavy atom. The lowest BCUT2D eigenvalue weighted by Gasteiger charge is -2.12. The van der Waals surface area contributed by atoms with Crippen LogP contribution in [0.4, 0.5) is 8.78 Å². The number of benzene rings is 3. The molecule has 0 bridgehead atoms. The molecule has 3 aromatic rings. The first-order valence-electron chi connectivity index (χ1n) is 8.94. The number of phenols is 1. The number of carbonyl (C=O) groups is 1. The van der Waals surface area contributed by atoms with Crippen LogP contribution in [0.25, 0.3) is 22.3 Å². The highest BCUT2D eigenvalue weighted by Crippen LogP contribution is 2.35. The van der Waals surface area contributed by atoms with Gasteiger partial charge in [0.25, 0.3) is 6.43 Å². The molecular formula is C24H18F2O4. The zero-order valence-corrected chi connectivity index (χ0v) is 15.8. The average molecular weight is 408 g/mol. The second-order valence-electron chi connectivity index (χ2n) is 6.21. The van der Waals surface area contributed by atoms with Gasteiger partial charge in [0.15, 0.2) is 0 Å². The number of phenolic OH excluding ortho intramolecular Hbond substituents is 1. The second-order valence-corrected chi connectivity index (χ2v) is 6.21. The minimum atomic E-state index is -2.65. The summed E-state index contributed by atoms with van der Waals surface area (Å²) < 4.78 is 37.3. The van der Waals surface area contributed by atoms with Gasteiger partial charge < -0.3 is 14.6 Å². The Balaban J connectivity index is 1.80. The molecule has 0 aromatic heterocycles. The number of ether oxygens (including phenoxy) is 2. The molecule has 0 saturated heterocycles. The van der Waals surface area contributed by atoms with Gasteiger partial charge in [0.2, 0.25) is 0 Å². The van der Waals surface area contributed by atoms with Crippen LogP contribution in [0.15, 0.2) is 91.9 Å². The van der Waals surface area contributed by atoms with Crippen molar-refractivity contribution in [3.8, 4) is 33.8 Å². The van der Waals surface area contributed by atoms with E-state index in [1.807, 2.05) is 0 Å². The Bertz CT molecular complexity index is 1060. The third-order valence-corrected chi connectivity index (χ3v) is 4.26. The van der Waals surface area contributed by atoms with E-state index >= 15 is 0 Å². The number of rotatable bonds is 7. The van der Waals surface area contributed by atoms with Gasteiger partial charge in [-0.3, -0.25) is 0 Å². The van der Waals surface area contributed by atoms with Crippen molar-refractivity contribution in [2.24, 2.45) is 0 Å². The molecule has 3 rings (SSSR count). The lowest BCUT2D eigenvalue weighted by Crippen LogP contribution is -1.93. The Labute approximate surface area is 172 Å². The lowest BCUT2D eigenvalue weighted by molar-refractivity contribution is -0.132. The number of hydrogen-bond donors (Lipinski definition) is 1. The van der Waals surface area contributed by atoms with Crippen molar-refractivity contribution in [1.82, 2.24) is 0 Å². The molecule has 0 radical (unpaired) electrons. The molecule has 152 valence electrons. The Hall–Kier alpha value is -3.93. The van der Waals surface area contributed by atoms with Gasteiger partial charge in [0.05, 0.1) is 0 Å². The fourth-order valence-corrected chi connectivity index (χ4v) is 2.80. The summed E-state index contributed by atoms with van der Waals surface area (Å²) in [5.74, 6) is -0.0415. The molecule has 4 nitrogen and oxygen atoms in total. The summed E-state index contributed by atoms with van der Waals surface area (Å²) in [6, 6.07) is 17.8. The van der Waals surface area contributed by atoms with Crippen molar-refractivity contribution < 1.29 is 28.2 Å². The molecule has 0 spiro atoms. The van der Waals surface area contributed by atoms with E-state index in [0.29, 0.717) is 22.4 Å². The van der Waals surface area contributed by atoms with Crippen LogP contribution < -0.4 is 4.74 Å². The van der Waals surface area contributed by atoms with Crippen molar-refractivity contribution in [3.05, 3.63) is 97.5 Å². The fourth-order valence-electron chi connectivity index (χ4n) is 2.80. The average Bonchev–Trinajstić information content (AvgIpc) is 2.77. The van der Waals surface area contributed by atoms with Crippen LogP contribution in [0.3, 0.4) is 0 Å². The lowest BCUT2D eigenvalue weighted by atomic mass is 9.95. The third-order valence-electron chi connectivity index (χ3n) is 4.26. The van der Waals surface area contributed by atoms with Crippen LogP contribution in [-0.2, 0) is 9.53 Å². The minimum absolute atomic E-state index is 0.0741. The van der Waals surface area contributed by atoms with Gasteiger partial charge in [-0.2, -0.15) is 0 Å². The maximum absolute atomic E-state index is 13.7. The largest absolute Gasteiger partial charge is 0.508 e. The topological polar surface area (TPSA) is 55.8 Å². The van der Waals surface area contributed by atoms with E-state index in [1.54, 1.807) is 48.5 Å². The Kier molecular flexibility index (Phi) is 6.60. The first-order chi connectivity index (χ1) is 14.5. The predicted octanol–water partition coefficient (Wildman–Crippen LogP) is 6.24. The maximum atomic E-state index is 13.7. The molecule has 0 amide bonds. The van der Waals surface area contributed by atoms with Crippen LogP contribution >= 0.6 is 0 Å². The molecule has 0 atom stereocenters.